The highest BCUT2D eigenvalue weighted by atomic mass is 35.5. The zero-order valence-corrected chi connectivity index (χ0v) is 15.6. The Morgan fingerprint density at radius 1 is 1.37 bits per heavy atom. The molecule has 0 spiro atoms. The molecule has 2 N–H and O–H groups in total. The summed E-state index contributed by atoms with van der Waals surface area (Å²) in [5.74, 6) is -0.882. The molecule has 3 rings (SSSR count). The third-order valence-electron chi connectivity index (χ3n) is 4.37. The average molecular weight is 391 g/mol. The molecule has 0 bridgehead atoms. The van der Waals surface area contributed by atoms with Crippen molar-refractivity contribution in [1.29, 1.82) is 0 Å². The number of amides is 2. The lowest BCUT2D eigenvalue weighted by atomic mass is 10.1. The minimum absolute atomic E-state index is 0.160. The SMILES string of the molecule is Cc1nn(-c2ccc(F)cc2)c(Cl)c1/C=C/C(=O)NC1CCCCNC1=O. The molecule has 1 fully saturated rings. The highest BCUT2D eigenvalue weighted by Crippen LogP contribution is 2.24. The second-order valence-electron chi connectivity index (χ2n) is 6.36. The molecule has 6 nitrogen and oxygen atoms in total. The molecular formula is C19H20ClFN4O2. The van der Waals surface area contributed by atoms with E-state index in [9.17, 15) is 14.0 Å². The number of aryl methyl sites for hydroxylation is 1. The molecular weight excluding hydrogens is 371 g/mol. The fraction of sp³-hybridized carbons (Fsp3) is 0.316. The Hall–Kier alpha value is -2.67. The predicted molar refractivity (Wildman–Crippen MR) is 101 cm³/mol. The van der Waals surface area contributed by atoms with Gasteiger partial charge in [-0.1, -0.05) is 11.6 Å². The van der Waals surface area contributed by atoms with Crippen LogP contribution in [-0.2, 0) is 9.59 Å². The number of rotatable bonds is 4. The van der Waals surface area contributed by atoms with E-state index in [1.54, 1.807) is 25.1 Å². The molecule has 142 valence electrons. The number of benzene rings is 1. The van der Waals surface area contributed by atoms with Crippen molar-refractivity contribution < 1.29 is 14.0 Å². The Bertz CT molecular complexity index is 877. The number of hydrogen-bond acceptors (Lipinski definition) is 3. The number of aromatic nitrogens is 2. The molecule has 1 aromatic carbocycles. The summed E-state index contributed by atoms with van der Waals surface area (Å²) in [7, 11) is 0. The van der Waals surface area contributed by atoms with Gasteiger partial charge in [-0.3, -0.25) is 9.59 Å². The third kappa shape index (κ3) is 4.54. The summed E-state index contributed by atoms with van der Waals surface area (Å²) in [6.07, 6.45) is 5.31. The number of carbonyl (C=O) groups is 2. The van der Waals surface area contributed by atoms with Gasteiger partial charge in [-0.15, -0.1) is 0 Å². The van der Waals surface area contributed by atoms with Gasteiger partial charge in [0.1, 0.15) is 17.0 Å². The van der Waals surface area contributed by atoms with E-state index in [0.717, 1.165) is 12.8 Å². The first-order valence-electron chi connectivity index (χ1n) is 8.73. The van der Waals surface area contributed by atoms with Gasteiger partial charge >= 0.3 is 0 Å². The van der Waals surface area contributed by atoms with Gasteiger partial charge < -0.3 is 10.6 Å². The number of nitrogens with one attached hydrogen (secondary N) is 2. The molecule has 0 radical (unpaired) electrons. The van der Waals surface area contributed by atoms with Crippen molar-refractivity contribution >= 4 is 29.5 Å². The Kier molecular flexibility index (Phi) is 5.91. The van der Waals surface area contributed by atoms with Crippen LogP contribution < -0.4 is 10.6 Å². The van der Waals surface area contributed by atoms with Crippen molar-refractivity contribution in [3.05, 3.63) is 52.6 Å². The number of hydrogen-bond donors (Lipinski definition) is 2. The molecule has 27 heavy (non-hydrogen) atoms. The van der Waals surface area contributed by atoms with E-state index in [0.29, 0.717) is 35.1 Å². The molecule has 0 saturated carbocycles. The van der Waals surface area contributed by atoms with Gasteiger partial charge in [0.2, 0.25) is 11.8 Å². The van der Waals surface area contributed by atoms with E-state index in [1.807, 2.05) is 0 Å². The highest BCUT2D eigenvalue weighted by molar-refractivity contribution is 6.31. The average Bonchev–Trinajstić information content (AvgIpc) is 2.78. The van der Waals surface area contributed by atoms with Gasteiger partial charge in [0.05, 0.1) is 11.4 Å². The third-order valence-corrected chi connectivity index (χ3v) is 4.74. The molecule has 1 saturated heterocycles. The fourth-order valence-corrected chi connectivity index (χ4v) is 3.24. The van der Waals surface area contributed by atoms with Crippen molar-refractivity contribution in [2.45, 2.75) is 32.2 Å². The minimum atomic E-state index is -0.525. The molecule has 0 aliphatic carbocycles. The zero-order valence-electron chi connectivity index (χ0n) is 14.8. The first kappa shape index (κ1) is 19.1. The second kappa shape index (κ2) is 8.35. The first-order valence-corrected chi connectivity index (χ1v) is 9.11. The van der Waals surface area contributed by atoms with Crippen molar-refractivity contribution in [2.75, 3.05) is 6.54 Å². The molecule has 1 atom stereocenters. The summed E-state index contributed by atoms with van der Waals surface area (Å²) in [4.78, 5) is 24.1. The van der Waals surface area contributed by atoms with E-state index >= 15 is 0 Å². The van der Waals surface area contributed by atoms with Gasteiger partial charge in [-0.2, -0.15) is 5.10 Å². The monoisotopic (exact) mass is 390 g/mol. The lowest BCUT2D eigenvalue weighted by Gasteiger charge is -2.13. The van der Waals surface area contributed by atoms with Crippen LogP contribution in [0.4, 0.5) is 4.39 Å². The Morgan fingerprint density at radius 2 is 2.11 bits per heavy atom. The smallest absolute Gasteiger partial charge is 0.244 e. The van der Waals surface area contributed by atoms with E-state index in [4.69, 9.17) is 11.6 Å². The molecule has 1 aliphatic rings. The van der Waals surface area contributed by atoms with Crippen molar-refractivity contribution in [3.8, 4) is 5.69 Å². The van der Waals surface area contributed by atoms with Crippen LogP contribution in [0.15, 0.2) is 30.3 Å². The largest absolute Gasteiger partial charge is 0.354 e. The van der Waals surface area contributed by atoms with Crippen LogP contribution in [0.1, 0.15) is 30.5 Å². The van der Waals surface area contributed by atoms with Gasteiger partial charge in [-0.05, 0) is 56.5 Å². The standard InChI is InChI=1S/C19H20ClFN4O2/c1-12-15(18(20)25(24-12)14-7-5-13(21)6-8-14)9-10-17(26)23-16-4-2-3-11-22-19(16)27/h5-10,16H,2-4,11H2,1H3,(H,22,27)(H,23,26)/b10-9+. The quantitative estimate of drug-likeness (QED) is 0.788. The van der Waals surface area contributed by atoms with Crippen molar-refractivity contribution in [2.24, 2.45) is 0 Å². The van der Waals surface area contributed by atoms with Crippen LogP contribution >= 0.6 is 11.6 Å². The van der Waals surface area contributed by atoms with E-state index in [2.05, 4.69) is 15.7 Å². The maximum atomic E-state index is 13.1. The maximum absolute atomic E-state index is 13.1. The lowest BCUT2D eigenvalue weighted by molar-refractivity contribution is -0.126. The van der Waals surface area contributed by atoms with Crippen LogP contribution in [0.5, 0.6) is 0 Å². The summed E-state index contributed by atoms with van der Waals surface area (Å²) >= 11 is 6.38. The van der Waals surface area contributed by atoms with E-state index in [1.165, 1.54) is 22.9 Å². The minimum Gasteiger partial charge on any atom is -0.354 e. The maximum Gasteiger partial charge on any atom is 0.244 e. The summed E-state index contributed by atoms with van der Waals surface area (Å²) in [5.41, 5.74) is 1.82. The Labute approximate surface area is 161 Å². The lowest BCUT2D eigenvalue weighted by Crippen LogP contribution is -2.44. The summed E-state index contributed by atoms with van der Waals surface area (Å²) in [6.45, 7) is 2.40. The first-order chi connectivity index (χ1) is 13.0. The number of nitrogens with zero attached hydrogens (tertiary/aromatic N) is 2. The highest BCUT2D eigenvalue weighted by Gasteiger charge is 2.21. The molecule has 2 aromatic rings. The number of halogens is 2. The Balaban J connectivity index is 1.74. The van der Waals surface area contributed by atoms with Crippen LogP contribution in [0.2, 0.25) is 5.15 Å². The predicted octanol–water partition coefficient (Wildman–Crippen LogP) is 2.77. The summed E-state index contributed by atoms with van der Waals surface area (Å²) in [6, 6.07) is 5.26. The molecule has 2 amide bonds. The zero-order chi connectivity index (χ0) is 19.4. The normalized spacial score (nSPS) is 17.6. The molecule has 1 aliphatic heterocycles. The van der Waals surface area contributed by atoms with Crippen LogP contribution in [0.25, 0.3) is 11.8 Å². The van der Waals surface area contributed by atoms with E-state index < -0.39 is 6.04 Å². The summed E-state index contributed by atoms with van der Waals surface area (Å²) in [5, 5.41) is 10.1. The second-order valence-corrected chi connectivity index (χ2v) is 6.72. The Morgan fingerprint density at radius 3 is 2.85 bits per heavy atom. The molecule has 1 aromatic heterocycles. The van der Waals surface area contributed by atoms with Gasteiger partial charge in [-0.25, -0.2) is 9.07 Å². The molecule has 1 unspecified atom stereocenters. The van der Waals surface area contributed by atoms with Crippen molar-refractivity contribution in [3.63, 3.8) is 0 Å². The molecule has 2 heterocycles. The number of carbonyl (C=O) groups excluding carboxylic acids is 2. The van der Waals surface area contributed by atoms with Gasteiger partial charge in [0.25, 0.3) is 0 Å². The molecule has 8 heteroatoms. The van der Waals surface area contributed by atoms with Crippen LogP contribution in [0, 0.1) is 12.7 Å². The summed E-state index contributed by atoms with van der Waals surface area (Å²) < 4.78 is 14.6. The van der Waals surface area contributed by atoms with E-state index in [-0.39, 0.29) is 17.6 Å². The van der Waals surface area contributed by atoms with Gasteiger partial charge in [0, 0.05) is 18.2 Å². The topological polar surface area (TPSA) is 76.0 Å². The van der Waals surface area contributed by atoms with Crippen molar-refractivity contribution in [1.82, 2.24) is 20.4 Å². The van der Waals surface area contributed by atoms with Crippen LogP contribution in [0.3, 0.4) is 0 Å². The van der Waals surface area contributed by atoms with Gasteiger partial charge in [0.15, 0.2) is 0 Å². The van der Waals surface area contributed by atoms with Crippen LogP contribution in [-0.4, -0.2) is 34.2 Å². The fourth-order valence-electron chi connectivity index (χ4n) is 2.91.